The fraction of sp³-hybridized carbons (Fsp3) is 0.611. The van der Waals surface area contributed by atoms with Gasteiger partial charge < -0.3 is 10.1 Å². The molecule has 1 fully saturated rings. The molecular formula is C18H29N3O4S. The van der Waals surface area contributed by atoms with Crippen molar-refractivity contribution in [3.05, 3.63) is 29.3 Å². The summed E-state index contributed by atoms with van der Waals surface area (Å²) in [6, 6.07) is 5.89. The van der Waals surface area contributed by atoms with Gasteiger partial charge in [0.15, 0.2) is 0 Å². The van der Waals surface area contributed by atoms with Crippen LogP contribution in [0.25, 0.3) is 0 Å². The zero-order valence-electron chi connectivity index (χ0n) is 16.0. The highest BCUT2D eigenvalue weighted by Crippen LogP contribution is 2.20. The van der Waals surface area contributed by atoms with E-state index in [1.54, 1.807) is 0 Å². The summed E-state index contributed by atoms with van der Waals surface area (Å²) in [6.07, 6.45) is 1.38. The molecule has 0 bridgehead atoms. The molecule has 26 heavy (non-hydrogen) atoms. The van der Waals surface area contributed by atoms with Crippen molar-refractivity contribution in [2.75, 3.05) is 40.3 Å². The van der Waals surface area contributed by atoms with Gasteiger partial charge in [-0.15, -0.1) is 0 Å². The van der Waals surface area contributed by atoms with E-state index >= 15 is 0 Å². The molecule has 1 atom stereocenters. The molecule has 146 valence electrons. The van der Waals surface area contributed by atoms with Gasteiger partial charge in [-0.2, -0.15) is 17.0 Å². The molecule has 2 rings (SSSR count). The summed E-state index contributed by atoms with van der Waals surface area (Å²) < 4.78 is 32.7. The first-order chi connectivity index (χ1) is 12.2. The number of nitrogens with one attached hydrogen (secondary N) is 1. The minimum atomic E-state index is -3.47. The van der Waals surface area contributed by atoms with Crippen LogP contribution in [0.1, 0.15) is 24.0 Å². The summed E-state index contributed by atoms with van der Waals surface area (Å²) in [4.78, 5) is 12.3. The molecule has 1 aromatic rings. The third kappa shape index (κ3) is 5.18. The molecule has 1 amide bonds. The third-order valence-electron chi connectivity index (χ3n) is 4.69. The van der Waals surface area contributed by atoms with Crippen LogP contribution in [-0.2, 0) is 15.0 Å². The van der Waals surface area contributed by atoms with Crippen LogP contribution < -0.4 is 10.1 Å². The van der Waals surface area contributed by atoms with Gasteiger partial charge in [0.05, 0.1) is 12.5 Å². The number of carbonyl (C=O) groups excluding carboxylic acids is 1. The van der Waals surface area contributed by atoms with E-state index in [0.717, 1.165) is 11.3 Å². The molecule has 1 aromatic carbocycles. The summed E-state index contributed by atoms with van der Waals surface area (Å²) in [7, 11) is -0.467. The lowest BCUT2D eigenvalue weighted by molar-refractivity contribution is -0.126. The van der Waals surface area contributed by atoms with Crippen LogP contribution in [0.2, 0.25) is 0 Å². The highest BCUT2D eigenvalue weighted by molar-refractivity contribution is 7.86. The maximum absolute atomic E-state index is 12.3. The van der Waals surface area contributed by atoms with E-state index in [1.807, 2.05) is 32.0 Å². The molecule has 0 saturated carbocycles. The Labute approximate surface area is 156 Å². The van der Waals surface area contributed by atoms with Crippen molar-refractivity contribution in [2.24, 2.45) is 5.92 Å². The van der Waals surface area contributed by atoms with Crippen molar-refractivity contribution >= 4 is 16.1 Å². The van der Waals surface area contributed by atoms with E-state index in [4.69, 9.17) is 4.74 Å². The Morgan fingerprint density at radius 2 is 2.04 bits per heavy atom. The minimum absolute atomic E-state index is 0.118. The number of carbonyl (C=O) groups is 1. The summed E-state index contributed by atoms with van der Waals surface area (Å²) >= 11 is 0. The second kappa shape index (κ2) is 8.83. The molecule has 1 heterocycles. The predicted molar refractivity (Wildman–Crippen MR) is 101 cm³/mol. The van der Waals surface area contributed by atoms with Crippen LogP contribution in [0.3, 0.4) is 0 Å². The standard InChI is InChI=1S/C18H29N3O4S/c1-14-7-8-17(12-15(14)2)25-11-9-19-18(22)16-6-5-10-21(13-16)26(23,24)20(3)4/h7-8,12,16H,5-6,9-11,13H2,1-4H3,(H,19,22). The lowest BCUT2D eigenvalue weighted by Crippen LogP contribution is -2.49. The Kier molecular flexibility index (Phi) is 7.02. The van der Waals surface area contributed by atoms with Gasteiger partial charge in [-0.1, -0.05) is 6.07 Å². The molecule has 0 radical (unpaired) electrons. The average molecular weight is 384 g/mol. The largest absolute Gasteiger partial charge is 0.492 e. The van der Waals surface area contributed by atoms with E-state index in [0.29, 0.717) is 32.5 Å². The SMILES string of the molecule is Cc1ccc(OCCNC(=O)C2CCCN(S(=O)(=O)N(C)C)C2)cc1C. The van der Waals surface area contributed by atoms with Crippen LogP contribution in [0.4, 0.5) is 0 Å². The Morgan fingerprint density at radius 3 is 2.69 bits per heavy atom. The topological polar surface area (TPSA) is 79.0 Å². The smallest absolute Gasteiger partial charge is 0.281 e. The molecular weight excluding hydrogens is 354 g/mol. The number of hydrogen-bond acceptors (Lipinski definition) is 4. The number of nitrogens with zero attached hydrogens (tertiary/aromatic N) is 2. The lowest BCUT2D eigenvalue weighted by atomic mass is 9.99. The Balaban J connectivity index is 1.79. The highest BCUT2D eigenvalue weighted by atomic mass is 32.2. The summed E-state index contributed by atoms with van der Waals surface area (Å²) in [5.74, 6) is 0.343. The predicted octanol–water partition coefficient (Wildman–Crippen LogP) is 1.32. The number of aryl methyl sites for hydroxylation is 2. The third-order valence-corrected chi connectivity index (χ3v) is 6.60. The fourth-order valence-electron chi connectivity index (χ4n) is 2.89. The van der Waals surface area contributed by atoms with Crippen molar-refractivity contribution in [2.45, 2.75) is 26.7 Å². The molecule has 0 aliphatic carbocycles. The zero-order valence-corrected chi connectivity index (χ0v) is 16.8. The highest BCUT2D eigenvalue weighted by Gasteiger charge is 2.33. The molecule has 0 spiro atoms. The second-order valence-electron chi connectivity index (χ2n) is 6.87. The molecule has 8 heteroatoms. The average Bonchev–Trinajstić information content (AvgIpc) is 2.61. The first-order valence-corrected chi connectivity index (χ1v) is 10.3. The monoisotopic (exact) mass is 383 g/mol. The molecule has 1 saturated heterocycles. The summed E-state index contributed by atoms with van der Waals surface area (Å²) in [5.41, 5.74) is 2.37. The second-order valence-corrected chi connectivity index (χ2v) is 9.02. The van der Waals surface area contributed by atoms with E-state index < -0.39 is 10.2 Å². The van der Waals surface area contributed by atoms with Gasteiger partial charge in [-0.05, 0) is 49.9 Å². The van der Waals surface area contributed by atoms with E-state index in [2.05, 4.69) is 5.32 Å². The van der Waals surface area contributed by atoms with Crippen LogP contribution in [0.15, 0.2) is 18.2 Å². The molecule has 7 nitrogen and oxygen atoms in total. The van der Waals surface area contributed by atoms with E-state index in [1.165, 1.54) is 28.3 Å². The molecule has 1 unspecified atom stereocenters. The summed E-state index contributed by atoms with van der Waals surface area (Å²) in [6.45, 7) is 5.53. The molecule has 1 N–H and O–H groups in total. The van der Waals surface area contributed by atoms with Gasteiger partial charge in [0.1, 0.15) is 12.4 Å². The fourth-order valence-corrected chi connectivity index (χ4v) is 4.08. The van der Waals surface area contributed by atoms with E-state index in [9.17, 15) is 13.2 Å². The number of hydrogen-bond donors (Lipinski definition) is 1. The molecule has 1 aliphatic heterocycles. The maximum atomic E-state index is 12.3. The maximum Gasteiger partial charge on any atom is 0.281 e. The van der Waals surface area contributed by atoms with Crippen molar-refractivity contribution < 1.29 is 17.9 Å². The quantitative estimate of drug-likeness (QED) is 0.720. The van der Waals surface area contributed by atoms with Crippen LogP contribution in [-0.4, -0.2) is 63.3 Å². The van der Waals surface area contributed by atoms with Gasteiger partial charge in [-0.3, -0.25) is 4.79 Å². The van der Waals surface area contributed by atoms with Crippen molar-refractivity contribution in [3.63, 3.8) is 0 Å². The first-order valence-electron chi connectivity index (χ1n) is 8.87. The summed E-state index contributed by atoms with van der Waals surface area (Å²) in [5, 5.41) is 2.85. The van der Waals surface area contributed by atoms with Gasteiger partial charge in [-0.25, -0.2) is 0 Å². The van der Waals surface area contributed by atoms with E-state index in [-0.39, 0.29) is 18.4 Å². The van der Waals surface area contributed by atoms with Crippen LogP contribution >= 0.6 is 0 Å². The van der Waals surface area contributed by atoms with Crippen molar-refractivity contribution in [1.29, 1.82) is 0 Å². The molecule has 0 aromatic heterocycles. The normalized spacial score (nSPS) is 18.7. The number of benzene rings is 1. The molecule has 1 aliphatic rings. The Bertz CT molecular complexity index is 734. The minimum Gasteiger partial charge on any atom is -0.492 e. The number of rotatable bonds is 7. The van der Waals surface area contributed by atoms with Gasteiger partial charge in [0.25, 0.3) is 10.2 Å². The van der Waals surface area contributed by atoms with Gasteiger partial charge >= 0.3 is 0 Å². The number of amides is 1. The Morgan fingerprint density at radius 1 is 1.31 bits per heavy atom. The van der Waals surface area contributed by atoms with Crippen molar-refractivity contribution in [3.8, 4) is 5.75 Å². The first kappa shape index (κ1) is 20.7. The zero-order chi connectivity index (χ0) is 19.3. The van der Waals surface area contributed by atoms with Crippen LogP contribution in [0.5, 0.6) is 5.75 Å². The number of piperidine rings is 1. The number of ether oxygens (including phenoxy) is 1. The van der Waals surface area contributed by atoms with Gasteiger partial charge in [0.2, 0.25) is 5.91 Å². The Hall–Kier alpha value is -1.64. The lowest BCUT2D eigenvalue weighted by Gasteiger charge is -2.32. The van der Waals surface area contributed by atoms with Crippen molar-refractivity contribution in [1.82, 2.24) is 13.9 Å². The van der Waals surface area contributed by atoms with Crippen LogP contribution in [0, 0.1) is 19.8 Å². The van der Waals surface area contributed by atoms with Gasteiger partial charge in [0, 0.05) is 27.2 Å².